The minimum Gasteiger partial charge on any atom is -0.358 e. The fraction of sp³-hybridized carbons (Fsp3) is 0.286. The van der Waals surface area contributed by atoms with E-state index in [0.717, 1.165) is 12.1 Å². The molecule has 0 radical (unpaired) electrons. The van der Waals surface area contributed by atoms with Crippen molar-refractivity contribution in [3.05, 3.63) is 33.5 Å². The lowest BCUT2D eigenvalue weighted by Gasteiger charge is -2.03. The van der Waals surface area contributed by atoms with Crippen molar-refractivity contribution in [3.63, 3.8) is 0 Å². The van der Waals surface area contributed by atoms with Crippen molar-refractivity contribution >= 4 is 21.7 Å². The molecule has 0 spiro atoms. The number of pyridine rings is 1. The van der Waals surface area contributed by atoms with Crippen LogP contribution in [0.5, 0.6) is 0 Å². The lowest BCUT2D eigenvalue weighted by molar-refractivity contribution is -0.390. The number of hydrogen-bond donors (Lipinski definition) is 0. The largest absolute Gasteiger partial charge is 0.458 e. The van der Waals surface area contributed by atoms with Gasteiger partial charge >= 0.3 is 12.0 Å². The third-order valence-electron chi connectivity index (χ3n) is 1.50. The Hall–Kier alpha value is -1.18. The van der Waals surface area contributed by atoms with Gasteiger partial charge in [-0.15, -0.1) is 0 Å². The number of aromatic nitrogens is 1. The maximum absolute atomic E-state index is 12.2. The summed E-state index contributed by atoms with van der Waals surface area (Å²) >= 11 is 2.92. The summed E-state index contributed by atoms with van der Waals surface area (Å²) in [6, 6.07) is 1.76. The third kappa shape index (κ3) is 2.88. The van der Waals surface area contributed by atoms with Crippen molar-refractivity contribution < 1.29 is 18.1 Å². The fourth-order valence-electron chi connectivity index (χ4n) is 0.887. The highest BCUT2D eigenvalue weighted by Gasteiger charge is 2.38. The molecule has 1 aromatic rings. The number of nitro groups is 1. The first-order valence-electron chi connectivity index (χ1n) is 3.63. The number of nitrogens with zero attached hydrogens (tertiary/aromatic N) is 2. The molecule has 0 aliphatic heterocycles. The summed E-state index contributed by atoms with van der Waals surface area (Å²) in [5, 5.41) is 10.4. The van der Waals surface area contributed by atoms with Gasteiger partial charge in [-0.2, -0.15) is 13.2 Å². The Morgan fingerprint density at radius 3 is 2.47 bits per heavy atom. The van der Waals surface area contributed by atoms with E-state index >= 15 is 0 Å². The smallest absolute Gasteiger partial charge is 0.358 e. The summed E-state index contributed by atoms with van der Waals surface area (Å²) in [6.45, 7) is 0. The second-order valence-electron chi connectivity index (χ2n) is 2.61. The van der Waals surface area contributed by atoms with Gasteiger partial charge in [-0.1, -0.05) is 15.9 Å². The Kier molecular flexibility index (Phi) is 3.28. The van der Waals surface area contributed by atoms with Crippen molar-refractivity contribution in [2.75, 3.05) is 0 Å². The highest BCUT2D eigenvalue weighted by Crippen LogP contribution is 2.30. The summed E-state index contributed by atoms with van der Waals surface area (Å²) in [5.41, 5.74) is -1.10. The van der Waals surface area contributed by atoms with Crippen LogP contribution in [0.15, 0.2) is 12.1 Å². The molecule has 0 unspecified atom stereocenters. The fourth-order valence-corrected chi connectivity index (χ4v) is 1.21. The van der Waals surface area contributed by atoms with Gasteiger partial charge in [0.25, 0.3) is 5.69 Å². The molecule has 0 saturated carbocycles. The lowest BCUT2D eigenvalue weighted by Crippen LogP contribution is -2.10. The molecular formula is C7H4BrF3N2O2. The van der Waals surface area contributed by atoms with Crippen LogP contribution in [0.1, 0.15) is 11.3 Å². The third-order valence-corrected chi connectivity index (χ3v) is 2.15. The van der Waals surface area contributed by atoms with Gasteiger partial charge in [-0.05, 0) is 21.5 Å². The molecule has 0 N–H and O–H groups in total. The van der Waals surface area contributed by atoms with Crippen molar-refractivity contribution in [2.45, 2.75) is 11.5 Å². The molecule has 0 amide bonds. The van der Waals surface area contributed by atoms with Gasteiger partial charge in [0.1, 0.15) is 0 Å². The first-order valence-corrected chi connectivity index (χ1v) is 4.75. The molecule has 0 fully saturated rings. The van der Waals surface area contributed by atoms with Crippen LogP contribution in [-0.4, -0.2) is 9.91 Å². The molecule has 82 valence electrons. The van der Waals surface area contributed by atoms with Gasteiger partial charge in [0.15, 0.2) is 0 Å². The van der Waals surface area contributed by atoms with E-state index in [1.54, 1.807) is 0 Å². The van der Waals surface area contributed by atoms with Crippen molar-refractivity contribution in [2.24, 2.45) is 0 Å². The Morgan fingerprint density at radius 1 is 1.47 bits per heavy atom. The standard InChI is InChI=1S/C7H4BrF3N2O2/c8-3-4-1-5(7(9,10)11)12-6(2-4)13(14)15/h1-2H,3H2. The van der Waals surface area contributed by atoms with Crippen molar-refractivity contribution in [1.82, 2.24) is 4.98 Å². The Balaban J connectivity index is 3.30. The van der Waals surface area contributed by atoms with E-state index in [2.05, 4.69) is 20.9 Å². The molecule has 4 nitrogen and oxygen atoms in total. The Morgan fingerprint density at radius 2 is 2.07 bits per heavy atom. The topological polar surface area (TPSA) is 56.0 Å². The monoisotopic (exact) mass is 284 g/mol. The van der Waals surface area contributed by atoms with Crippen LogP contribution in [0.25, 0.3) is 0 Å². The SMILES string of the molecule is O=[N+]([O-])c1cc(CBr)cc(C(F)(F)F)n1. The minimum absolute atomic E-state index is 0.0967. The molecule has 1 aromatic heterocycles. The first-order chi connectivity index (χ1) is 6.84. The van der Waals surface area contributed by atoms with Crippen LogP contribution < -0.4 is 0 Å². The van der Waals surface area contributed by atoms with Gasteiger partial charge in [0.05, 0.1) is 0 Å². The van der Waals surface area contributed by atoms with Gasteiger partial charge in [-0.25, -0.2) is 0 Å². The van der Waals surface area contributed by atoms with Gasteiger partial charge < -0.3 is 10.1 Å². The molecule has 0 saturated heterocycles. The molecule has 15 heavy (non-hydrogen) atoms. The van der Waals surface area contributed by atoms with Crippen LogP contribution >= 0.6 is 15.9 Å². The summed E-state index contributed by atoms with van der Waals surface area (Å²) in [5.74, 6) is -0.806. The van der Waals surface area contributed by atoms with Crippen LogP contribution in [-0.2, 0) is 11.5 Å². The average molecular weight is 285 g/mol. The molecule has 1 heterocycles. The molecule has 8 heteroatoms. The molecule has 0 aromatic carbocycles. The molecule has 0 aliphatic rings. The predicted octanol–water partition coefficient (Wildman–Crippen LogP) is 2.90. The van der Waals surface area contributed by atoms with Gasteiger partial charge in [0.2, 0.25) is 0 Å². The van der Waals surface area contributed by atoms with E-state index in [9.17, 15) is 23.3 Å². The highest BCUT2D eigenvalue weighted by molar-refractivity contribution is 9.08. The molecule has 1 rings (SSSR count). The molecule has 0 bridgehead atoms. The van der Waals surface area contributed by atoms with Crippen LogP contribution in [0.3, 0.4) is 0 Å². The van der Waals surface area contributed by atoms with Crippen molar-refractivity contribution in [3.8, 4) is 0 Å². The summed E-state index contributed by atoms with van der Waals surface area (Å²) in [7, 11) is 0. The number of hydrogen-bond acceptors (Lipinski definition) is 3. The highest BCUT2D eigenvalue weighted by atomic mass is 79.9. The zero-order chi connectivity index (χ0) is 11.6. The van der Waals surface area contributed by atoms with E-state index in [1.165, 1.54) is 0 Å². The van der Waals surface area contributed by atoms with Gasteiger partial charge in [-0.3, -0.25) is 0 Å². The average Bonchev–Trinajstić information content (AvgIpc) is 2.15. The molecule has 0 aliphatic carbocycles. The van der Waals surface area contributed by atoms with E-state index in [4.69, 9.17) is 0 Å². The number of halogens is 4. The predicted molar refractivity (Wildman–Crippen MR) is 48.5 cm³/mol. The minimum atomic E-state index is -4.68. The molecule has 0 atom stereocenters. The zero-order valence-corrected chi connectivity index (χ0v) is 8.67. The van der Waals surface area contributed by atoms with Crippen molar-refractivity contribution in [1.29, 1.82) is 0 Å². The van der Waals surface area contributed by atoms with Crippen LogP contribution in [0, 0.1) is 10.1 Å². The zero-order valence-electron chi connectivity index (χ0n) is 7.08. The normalized spacial score (nSPS) is 11.5. The Bertz CT molecular complexity index is 394. The lowest BCUT2D eigenvalue weighted by atomic mass is 10.2. The first kappa shape index (κ1) is 11.9. The summed E-state index contributed by atoms with van der Waals surface area (Å²) in [4.78, 5) is 12.3. The van der Waals surface area contributed by atoms with Crippen LogP contribution in [0.2, 0.25) is 0 Å². The second kappa shape index (κ2) is 4.13. The maximum Gasteiger partial charge on any atom is 0.458 e. The summed E-state index contributed by atoms with van der Waals surface area (Å²) in [6.07, 6.45) is -4.68. The molecular weight excluding hydrogens is 281 g/mol. The Labute approximate surface area is 90.4 Å². The van der Waals surface area contributed by atoms with E-state index < -0.39 is 22.6 Å². The number of rotatable bonds is 2. The second-order valence-corrected chi connectivity index (χ2v) is 3.17. The quantitative estimate of drug-likeness (QED) is 0.477. The number of alkyl halides is 4. The maximum atomic E-state index is 12.2. The van der Waals surface area contributed by atoms with E-state index in [0.29, 0.717) is 0 Å². The summed E-state index contributed by atoms with van der Waals surface area (Å²) < 4.78 is 36.7. The van der Waals surface area contributed by atoms with Crippen LogP contribution in [0.4, 0.5) is 19.0 Å². The van der Waals surface area contributed by atoms with Gasteiger partial charge in [0, 0.05) is 11.4 Å². The van der Waals surface area contributed by atoms with E-state index in [-0.39, 0.29) is 10.9 Å². The van der Waals surface area contributed by atoms with E-state index in [1.807, 2.05) is 0 Å².